The van der Waals surface area contributed by atoms with Gasteiger partial charge in [-0.05, 0) is 135 Å². The van der Waals surface area contributed by atoms with Crippen LogP contribution < -0.4 is 0 Å². The van der Waals surface area contributed by atoms with Crippen LogP contribution >= 0.6 is 0 Å². The number of benzene rings is 10. The van der Waals surface area contributed by atoms with Crippen LogP contribution in [0.5, 0.6) is 0 Å². The van der Waals surface area contributed by atoms with Crippen molar-refractivity contribution >= 4 is 64.9 Å². The Balaban J connectivity index is 1.07. The first-order valence-corrected chi connectivity index (χ1v) is 20.4. The SMILES string of the molecule is c1ccc2cc(-c3c4c(c(-c5ccc6ccccc6c5)c5ccccc35)-c3ccc(-c5ccc(-n6c7ccccc7c7ccncc76)cc5)c5cccc-4c35)ccc2c1. The van der Waals surface area contributed by atoms with Crippen LogP contribution in [-0.2, 0) is 0 Å². The van der Waals surface area contributed by atoms with Gasteiger partial charge in [0.15, 0.2) is 0 Å². The van der Waals surface area contributed by atoms with Gasteiger partial charge < -0.3 is 4.57 Å². The summed E-state index contributed by atoms with van der Waals surface area (Å²) in [4.78, 5) is 4.51. The predicted molar refractivity (Wildman–Crippen MR) is 249 cm³/mol. The highest BCUT2D eigenvalue weighted by Gasteiger charge is 2.31. The van der Waals surface area contributed by atoms with Crippen molar-refractivity contribution in [1.82, 2.24) is 9.55 Å². The first kappa shape index (κ1) is 32.3. The zero-order valence-electron chi connectivity index (χ0n) is 32.0. The van der Waals surface area contributed by atoms with E-state index in [9.17, 15) is 0 Å². The molecule has 0 radical (unpaired) electrons. The molecular weight excluding hydrogens is 713 g/mol. The molecule has 1 aliphatic carbocycles. The van der Waals surface area contributed by atoms with Gasteiger partial charge in [0.25, 0.3) is 0 Å². The Morgan fingerprint density at radius 1 is 0.322 bits per heavy atom. The van der Waals surface area contributed by atoms with E-state index < -0.39 is 0 Å². The van der Waals surface area contributed by atoms with E-state index in [1.807, 2.05) is 12.4 Å². The Bertz CT molecular complexity index is 3530. The van der Waals surface area contributed by atoms with Crippen molar-refractivity contribution in [2.45, 2.75) is 0 Å². The van der Waals surface area contributed by atoms with Gasteiger partial charge in [-0.3, -0.25) is 4.98 Å². The molecule has 0 saturated carbocycles. The molecule has 1 aliphatic rings. The lowest BCUT2D eigenvalue weighted by Gasteiger charge is -2.21. The van der Waals surface area contributed by atoms with Crippen LogP contribution in [-0.4, -0.2) is 9.55 Å². The first-order valence-electron chi connectivity index (χ1n) is 20.4. The molecule has 2 aromatic heterocycles. The quantitative estimate of drug-likeness (QED) is 0.175. The van der Waals surface area contributed by atoms with Crippen molar-refractivity contribution in [2.24, 2.45) is 0 Å². The lowest BCUT2D eigenvalue weighted by molar-refractivity contribution is 1.17. The van der Waals surface area contributed by atoms with Crippen LogP contribution in [0.4, 0.5) is 0 Å². The fourth-order valence-electron chi connectivity index (χ4n) is 10.2. The topological polar surface area (TPSA) is 17.8 Å². The lowest BCUT2D eigenvalue weighted by atomic mass is 9.82. The number of pyridine rings is 1. The number of hydrogen-bond donors (Lipinski definition) is 0. The van der Waals surface area contributed by atoms with Gasteiger partial charge in [0, 0.05) is 22.7 Å². The Morgan fingerprint density at radius 2 is 0.847 bits per heavy atom. The average Bonchev–Trinajstić information content (AvgIpc) is 3.82. The third-order valence-corrected chi connectivity index (χ3v) is 12.8. The van der Waals surface area contributed by atoms with Gasteiger partial charge in [0.05, 0.1) is 17.2 Å². The van der Waals surface area contributed by atoms with E-state index >= 15 is 0 Å². The van der Waals surface area contributed by atoms with Crippen LogP contribution in [0.25, 0.3) is 126 Å². The van der Waals surface area contributed by atoms with E-state index in [0.29, 0.717) is 0 Å². The minimum atomic E-state index is 1.11. The van der Waals surface area contributed by atoms with Crippen molar-refractivity contribution in [3.8, 4) is 61.3 Å². The number of hydrogen-bond acceptors (Lipinski definition) is 1. The van der Waals surface area contributed by atoms with Crippen LogP contribution in [0.1, 0.15) is 0 Å². The molecule has 0 saturated heterocycles. The second kappa shape index (κ2) is 12.3. The van der Waals surface area contributed by atoms with Gasteiger partial charge in [0.2, 0.25) is 0 Å². The van der Waals surface area contributed by atoms with Gasteiger partial charge in [-0.25, -0.2) is 0 Å². The number of rotatable bonds is 4. The summed E-state index contributed by atoms with van der Waals surface area (Å²) in [5.41, 5.74) is 16.1. The molecule has 0 fully saturated rings. The van der Waals surface area contributed by atoms with E-state index in [1.54, 1.807) is 0 Å². The fraction of sp³-hybridized carbons (Fsp3) is 0. The van der Waals surface area contributed by atoms with Gasteiger partial charge >= 0.3 is 0 Å². The molecule has 0 spiro atoms. The summed E-state index contributed by atoms with van der Waals surface area (Å²) < 4.78 is 2.33. The molecule has 0 unspecified atom stereocenters. The zero-order chi connectivity index (χ0) is 38.6. The molecule has 13 rings (SSSR count). The second-order valence-electron chi connectivity index (χ2n) is 15.9. The van der Waals surface area contributed by atoms with Crippen molar-refractivity contribution in [3.05, 3.63) is 207 Å². The smallest absolute Gasteiger partial charge is 0.0724 e. The van der Waals surface area contributed by atoms with Crippen molar-refractivity contribution in [2.75, 3.05) is 0 Å². The van der Waals surface area contributed by atoms with E-state index in [4.69, 9.17) is 0 Å². The maximum absolute atomic E-state index is 4.51. The van der Waals surface area contributed by atoms with Crippen molar-refractivity contribution in [1.29, 1.82) is 0 Å². The molecule has 272 valence electrons. The summed E-state index contributed by atoms with van der Waals surface area (Å²) in [6.45, 7) is 0. The van der Waals surface area contributed by atoms with Crippen LogP contribution in [0.3, 0.4) is 0 Å². The summed E-state index contributed by atoms with van der Waals surface area (Å²) in [5.74, 6) is 0. The predicted octanol–water partition coefficient (Wildman–Crippen LogP) is 15.4. The van der Waals surface area contributed by atoms with Gasteiger partial charge in [0.1, 0.15) is 0 Å². The zero-order valence-corrected chi connectivity index (χ0v) is 32.0. The number of fused-ring (bicyclic) bond motifs is 9. The van der Waals surface area contributed by atoms with E-state index in [1.165, 1.54) is 115 Å². The lowest BCUT2D eigenvalue weighted by Crippen LogP contribution is -1.94. The largest absolute Gasteiger partial charge is 0.308 e. The number of para-hydroxylation sites is 1. The summed E-state index contributed by atoms with van der Waals surface area (Å²) in [6.07, 6.45) is 3.86. The number of nitrogens with zero attached hydrogens (tertiary/aromatic N) is 2. The highest BCUT2D eigenvalue weighted by Crippen LogP contribution is 2.58. The molecule has 10 aromatic carbocycles. The van der Waals surface area contributed by atoms with Gasteiger partial charge in [-0.1, -0.05) is 158 Å². The Labute approximate surface area is 340 Å². The highest BCUT2D eigenvalue weighted by molar-refractivity contribution is 6.29. The molecule has 0 aliphatic heterocycles. The maximum atomic E-state index is 4.51. The van der Waals surface area contributed by atoms with Crippen LogP contribution in [0, 0.1) is 0 Å². The van der Waals surface area contributed by atoms with E-state index in [-0.39, 0.29) is 0 Å². The Hall–Kier alpha value is -7.81. The molecule has 0 amide bonds. The summed E-state index contributed by atoms with van der Waals surface area (Å²) in [6, 6.07) is 71.9. The van der Waals surface area contributed by atoms with E-state index in [0.717, 1.165) is 11.2 Å². The molecule has 0 bridgehead atoms. The molecule has 59 heavy (non-hydrogen) atoms. The third kappa shape index (κ3) is 4.66. The van der Waals surface area contributed by atoms with Gasteiger partial charge in [-0.2, -0.15) is 0 Å². The summed E-state index contributed by atoms with van der Waals surface area (Å²) in [7, 11) is 0. The Kier molecular flexibility index (Phi) is 6.76. The monoisotopic (exact) mass is 746 g/mol. The minimum absolute atomic E-state index is 1.11. The molecule has 0 N–H and O–H groups in total. The van der Waals surface area contributed by atoms with Crippen LogP contribution in [0.15, 0.2) is 207 Å². The third-order valence-electron chi connectivity index (χ3n) is 12.8. The summed E-state index contributed by atoms with van der Waals surface area (Å²) in [5, 5.41) is 12.6. The first-order chi connectivity index (χ1) is 29.3. The molecule has 12 aromatic rings. The molecule has 2 nitrogen and oxygen atoms in total. The normalized spacial score (nSPS) is 12.1. The maximum Gasteiger partial charge on any atom is 0.0724 e. The van der Waals surface area contributed by atoms with Crippen molar-refractivity contribution in [3.63, 3.8) is 0 Å². The fourth-order valence-corrected chi connectivity index (χ4v) is 10.2. The molecule has 2 heteroatoms. The standard InChI is InChI=1S/C57H34N2/c1-3-12-38-32-40(22-20-35(38)10-1)53-47-15-5-6-16-48(47)54(41-23-21-36-11-2-4-13-39(36)33-41)57-50-29-28-43(46-17-9-18-49(55(46)50)56(53)57)37-24-26-42(27-25-37)59-51-19-8-7-14-44(51)45-30-31-58-34-52(45)59/h1-34H. The summed E-state index contributed by atoms with van der Waals surface area (Å²) >= 11 is 0. The molecule has 2 heterocycles. The number of aromatic nitrogens is 2. The second-order valence-corrected chi connectivity index (χ2v) is 15.9. The Morgan fingerprint density at radius 3 is 1.53 bits per heavy atom. The minimum Gasteiger partial charge on any atom is -0.308 e. The molecule has 0 atom stereocenters. The van der Waals surface area contributed by atoms with E-state index in [2.05, 4.69) is 204 Å². The molecular formula is C57H34N2. The highest BCUT2D eigenvalue weighted by atomic mass is 15.0. The van der Waals surface area contributed by atoms with Gasteiger partial charge in [-0.15, -0.1) is 0 Å². The van der Waals surface area contributed by atoms with Crippen molar-refractivity contribution < 1.29 is 0 Å². The average molecular weight is 747 g/mol. The van der Waals surface area contributed by atoms with Crippen LogP contribution in [0.2, 0.25) is 0 Å².